The molecule has 1 aromatic heterocycles. The van der Waals surface area contributed by atoms with E-state index < -0.39 is 0 Å². The summed E-state index contributed by atoms with van der Waals surface area (Å²) in [7, 11) is 0. The molecule has 2 heterocycles. The van der Waals surface area contributed by atoms with Gasteiger partial charge in [-0.25, -0.2) is 9.97 Å². The van der Waals surface area contributed by atoms with Crippen LogP contribution in [0.5, 0.6) is 23.3 Å². The molecule has 0 bridgehead atoms. The Labute approximate surface area is 162 Å². The number of carbonyl (C=O) groups excluding carboxylic acids is 1. The van der Waals surface area contributed by atoms with Crippen LogP contribution < -0.4 is 19.5 Å². The summed E-state index contributed by atoms with van der Waals surface area (Å²) in [5.41, 5.74) is 2.05. The van der Waals surface area contributed by atoms with Crippen LogP contribution in [-0.4, -0.2) is 29.1 Å². The minimum atomic E-state index is -0.223. The monoisotopic (exact) mass is 377 g/mol. The fourth-order valence-electron chi connectivity index (χ4n) is 2.78. The predicted molar refractivity (Wildman–Crippen MR) is 103 cm³/mol. The average Bonchev–Trinajstić information content (AvgIpc) is 2.95. The smallest absolute Gasteiger partial charge is 0.321 e. The van der Waals surface area contributed by atoms with E-state index >= 15 is 0 Å². The van der Waals surface area contributed by atoms with E-state index in [1.807, 2.05) is 13.0 Å². The molecule has 1 aliphatic rings. The summed E-state index contributed by atoms with van der Waals surface area (Å²) < 4.78 is 16.9. The molecule has 0 spiro atoms. The average molecular weight is 377 g/mol. The second kappa shape index (κ2) is 7.96. The van der Waals surface area contributed by atoms with Gasteiger partial charge >= 0.3 is 6.01 Å². The molecular formula is C21H19N3O4. The van der Waals surface area contributed by atoms with Crippen LogP contribution in [0, 0.1) is 6.92 Å². The standard InChI is InChI=1S/C21H19N3O4/c1-14-12-16(28-21-22-8-2-9-23-21)5-6-17(14)24-20(25)15-4-7-18-19(13-15)27-11-3-10-26-18/h2,4-9,12-13H,3,10-11H2,1H3,(H,24,25). The number of anilines is 1. The Balaban J connectivity index is 1.48. The van der Waals surface area contributed by atoms with Gasteiger partial charge in [-0.1, -0.05) is 0 Å². The lowest BCUT2D eigenvalue weighted by Crippen LogP contribution is -2.13. The molecule has 0 saturated carbocycles. The van der Waals surface area contributed by atoms with E-state index in [4.69, 9.17) is 14.2 Å². The molecule has 0 saturated heterocycles. The summed E-state index contributed by atoms with van der Waals surface area (Å²) in [6.45, 7) is 3.08. The van der Waals surface area contributed by atoms with Crippen molar-refractivity contribution in [3.63, 3.8) is 0 Å². The van der Waals surface area contributed by atoms with Gasteiger partial charge in [0.25, 0.3) is 5.91 Å². The fourth-order valence-corrected chi connectivity index (χ4v) is 2.78. The number of hydrogen-bond acceptors (Lipinski definition) is 6. The van der Waals surface area contributed by atoms with Crippen molar-refractivity contribution in [2.24, 2.45) is 0 Å². The molecule has 2 aromatic carbocycles. The van der Waals surface area contributed by atoms with Crippen molar-refractivity contribution in [3.8, 4) is 23.3 Å². The molecule has 0 unspecified atom stereocenters. The van der Waals surface area contributed by atoms with Crippen molar-refractivity contribution < 1.29 is 19.0 Å². The fraction of sp³-hybridized carbons (Fsp3) is 0.190. The lowest BCUT2D eigenvalue weighted by Gasteiger charge is -2.12. The van der Waals surface area contributed by atoms with Crippen molar-refractivity contribution in [2.45, 2.75) is 13.3 Å². The second-order valence-corrected chi connectivity index (χ2v) is 6.28. The Hall–Kier alpha value is -3.61. The third-order valence-electron chi connectivity index (χ3n) is 4.21. The first-order chi connectivity index (χ1) is 13.7. The second-order valence-electron chi connectivity index (χ2n) is 6.28. The number of hydrogen-bond donors (Lipinski definition) is 1. The van der Waals surface area contributed by atoms with Crippen LogP contribution in [0.1, 0.15) is 22.3 Å². The number of aromatic nitrogens is 2. The lowest BCUT2D eigenvalue weighted by atomic mass is 10.1. The van der Waals surface area contributed by atoms with Gasteiger partial charge in [0.2, 0.25) is 0 Å². The van der Waals surface area contributed by atoms with Crippen molar-refractivity contribution >= 4 is 11.6 Å². The van der Waals surface area contributed by atoms with Crippen LogP contribution in [0.3, 0.4) is 0 Å². The van der Waals surface area contributed by atoms with Crippen molar-refractivity contribution in [2.75, 3.05) is 18.5 Å². The number of amides is 1. The normalized spacial score (nSPS) is 12.8. The topological polar surface area (TPSA) is 82.6 Å². The molecule has 0 aliphatic carbocycles. The highest BCUT2D eigenvalue weighted by atomic mass is 16.5. The number of nitrogens with zero attached hydrogens (tertiary/aromatic N) is 2. The Morgan fingerprint density at radius 2 is 1.82 bits per heavy atom. The van der Waals surface area contributed by atoms with Crippen LogP contribution in [-0.2, 0) is 0 Å². The molecule has 7 heteroatoms. The maximum atomic E-state index is 12.7. The van der Waals surface area contributed by atoms with E-state index in [1.54, 1.807) is 48.8 Å². The van der Waals surface area contributed by atoms with E-state index in [2.05, 4.69) is 15.3 Å². The summed E-state index contributed by atoms with van der Waals surface area (Å²) in [6, 6.07) is 12.5. The predicted octanol–water partition coefficient (Wildman–Crippen LogP) is 3.99. The van der Waals surface area contributed by atoms with E-state index in [0.717, 1.165) is 12.0 Å². The van der Waals surface area contributed by atoms with Crippen molar-refractivity contribution in [3.05, 3.63) is 66.0 Å². The van der Waals surface area contributed by atoms with Crippen molar-refractivity contribution in [1.82, 2.24) is 9.97 Å². The summed E-state index contributed by atoms with van der Waals surface area (Å²) in [5.74, 6) is 1.62. The maximum Gasteiger partial charge on any atom is 0.321 e. The third kappa shape index (κ3) is 4.03. The first-order valence-electron chi connectivity index (χ1n) is 8.95. The number of ether oxygens (including phenoxy) is 3. The molecule has 7 nitrogen and oxygen atoms in total. The summed E-state index contributed by atoms with van der Waals surface area (Å²) in [6.07, 6.45) is 4.04. The number of benzene rings is 2. The molecule has 0 fully saturated rings. The highest BCUT2D eigenvalue weighted by Gasteiger charge is 2.15. The molecular weight excluding hydrogens is 358 g/mol. The summed E-state index contributed by atoms with van der Waals surface area (Å²) in [4.78, 5) is 20.7. The SMILES string of the molecule is Cc1cc(Oc2ncccn2)ccc1NC(=O)c1ccc2c(c1)OCCCO2. The first-order valence-corrected chi connectivity index (χ1v) is 8.95. The van der Waals surface area contributed by atoms with Gasteiger partial charge in [0.1, 0.15) is 5.75 Å². The number of fused-ring (bicyclic) bond motifs is 1. The minimum Gasteiger partial charge on any atom is -0.490 e. The van der Waals surface area contributed by atoms with Crippen molar-refractivity contribution in [1.29, 1.82) is 0 Å². The lowest BCUT2D eigenvalue weighted by molar-refractivity contribution is 0.102. The molecule has 28 heavy (non-hydrogen) atoms. The van der Waals surface area contributed by atoms with E-state index in [0.29, 0.717) is 41.7 Å². The van der Waals surface area contributed by atoms with Gasteiger partial charge in [-0.2, -0.15) is 0 Å². The Morgan fingerprint density at radius 3 is 2.61 bits per heavy atom. The maximum absolute atomic E-state index is 12.7. The minimum absolute atomic E-state index is 0.223. The van der Waals surface area contributed by atoms with Gasteiger partial charge in [0.15, 0.2) is 11.5 Å². The van der Waals surface area contributed by atoms with Crippen LogP contribution >= 0.6 is 0 Å². The zero-order chi connectivity index (χ0) is 19.3. The zero-order valence-electron chi connectivity index (χ0n) is 15.3. The molecule has 3 aromatic rings. The van der Waals surface area contributed by atoms with Crippen LogP contribution in [0.25, 0.3) is 0 Å². The van der Waals surface area contributed by atoms with Crippen LogP contribution in [0.4, 0.5) is 5.69 Å². The third-order valence-corrected chi connectivity index (χ3v) is 4.21. The van der Waals surface area contributed by atoms with Gasteiger partial charge in [-0.15, -0.1) is 0 Å². The Morgan fingerprint density at radius 1 is 1.04 bits per heavy atom. The number of nitrogens with one attached hydrogen (secondary N) is 1. The summed E-state index contributed by atoms with van der Waals surface area (Å²) in [5, 5.41) is 2.92. The Kier molecular flexibility index (Phi) is 5.05. The highest BCUT2D eigenvalue weighted by Crippen LogP contribution is 2.31. The van der Waals surface area contributed by atoms with Gasteiger partial charge in [-0.3, -0.25) is 4.79 Å². The molecule has 0 atom stereocenters. The van der Waals surface area contributed by atoms with E-state index in [1.165, 1.54) is 0 Å². The molecule has 142 valence electrons. The molecule has 1 N–H and O–H groups in total. The Bertz CT molecular complexity index is 992. The van der Waals surface area contributed by atoms with Crippen LogP contribution in [0.2, 0.25) is 0 Å². The van der Waals surface area contributed by atoms with Crippen LogP contribution in [0.15, 0.2) is 54.9 Å². The van der Waals surface area contributed by atoms with Gasteiger partial charge in [0.05, 0.1) is 13.2 Å². The molecule has 1 amide bonds. The number of carbonyl (C=O) groups is 1. The quantitative estimate of drug-likeness (QED) is 0.740. The summed E-state index contributed by atoms with van der Waals surface area (Å²) >= 11 is 0. The van der Waals surface area contributed by atoms with E-state index in [-0.39, 0.29) is 11.9 Å². The molecule has 1 aliphatic heterocycles. The first kappa shape index (κ1) is 17.8. The number of aryl methyl sites for hydroxylation is 1. The van der Waals surface area contributed by atoms with Gasteiger partial charge in [-0.05, 0) is 55.0 Å². The molecule has 4 rings (SSSR count). The molecule has 0 radical (unpaired) electrons. The largest absolute Gasteiger partial charge is 0.490 e. The van der Waals surface area contributed by atoms with Gasteiger partial charge < -0.3 is 19.5 Å². The van der Waals surface area contributed by atoms with E-state index in [9.17, 15) is 4.79 Å². The zero-order valence-corrected chi connectivity index (χ0v) is 15.3. The van der Waals surface area contributed by atoms with Gasteiger partial charge in [0, 0.05) is 30.1 Å². The number of rotatable bonds is 4. The highest BCUT2D eigenvalue weighted by molar-refractivity contribution is 6.05.